The average Bonchev–Trinajstić information content (AvgIpc) is 3.26. The SMILES string of the molecule is CCSc1ncc2ccc(Cl)c(C(O)c3nnn(-c4ccccc4)c3C)n12. The van der Waals surface area contributed by atoms with Crippen molar-refractivity contribution in [3.8, 4) is 5.69 Å². The number of rotatable bonds is 5. The summed E-state index contributed by atoms with van der Waals surface area (Å²) in [5.41, 5.74) is 3.53. The normalized spacial score (nSPS) is 12.6. The van der Waals surface area contributed by atoms with Gasteiger partial charge in [0.2, 0.25) is 0 Å². The molecule has 8 heteroatoms. The number of benzene rings is 1. The highest BCUT2D eigenvalue weighted by Gasteiger charge is 2.25. The predicted octanol–water partition coefficient (Wildman–Crippen LogP) is 4.07. The minimum absolute atomic E-state index is 0.458. The lowest BCUT2D eigenvalue weighted by atomic mass is 10.1. The summed E-state index contributed by atoms with van der Waals surface area (Å²) in [6.45, 7) is 3.94. The molecule has 3 heterocycles. The number of aliphatic hydroxyl groups excluding tert-OH is 1. The first-order valence-electron chi connectivity index (χ1n) is 8.56. The largest absolute Gasteiger partial charge is 0.380 e. The Balaban J connectivity index is 1.84. The second-order valence-electron chi connectivity index (χ2n) is 6.01. The van der Waals surface area contributed by atoms with Crippen molar-refractivity contribution < 1.29 is 5.11 Å². The summed E-state index contributed by atoms with van der Waals surface area (Å²) in [5.74, 6) is 0.865. The topological polar surface area (TPSA) is 68.2 Å². The lowest BCUT2D eigenvalue weighted by molar-refractivity contribution is 0.207. The number of imidazole rings is 1. The van der Waals surface area contributed by atoms with Gasteiger partial charge in [0.25, 0.3) is 0 Å². The van der Waals surface area contributed by atoms with Crippen molar-refractivity contribution in [3.05, 3.63) is 70.8 Å². The fourth-order valence-corrected chi connectivity index (χ4v) is 4.05. The Kier molecular flexibility index (Phi) is 4.90. The minimum atomic E-state index is -1.02. The van der Waals surface area contributed by atoms with Crippen molar-refractivity contribution in [3.63, 3.8) is 0 Å². The van der Waals surface area contributed by atoms with Gasteiger partial charge in [-0.05, 0) is 36.9 Å². The number of hydrogen-bond donors (Lipinski definition) is 1. The van der Waals surface area contributed by atoms with Crippen LogP contribution in [0.15, 0.2) is 53.8 Å². The molecule has 0 fully saturated rings. The van der Waals surface area contributed by atoms with E-state index in [0.29, 0.717) is 16.4 Å². The van der Waals surface area contributed by atoms with Gasteiger partial charge in [-0.3, -0.25) is 4.40 Å². The van der Waals surface area contributed by atoms with E-state index in [1.54, 1.807) is 28.7 Å². The number of thioether (sulfide) groups is 1. The number of nitrogens with zero attached hydrogens (tertiary/aromatic N) is 5. The van der Waals surface area contributed by atoms with E-state index in [1.807, 2.05) is 47.7 Å². The summed E-state index contributed by atoms with van der Waals surface area (Å²) in [4.78, 5) is 4.45. The van der Waals surface area contributed by atoms with Gasteiger partial charge >= 0.3 is 0 Å². The molecule has 1 aromatic carbocycles. The standard InChI is InChI=1S/C19H18ClN5OS/c1-3-27-19-21-11-14-9-10-15(20)17(24(14)19)18(26)16-12(2)25(23-22-16)13-7-5-4-6-8-13/h4-11,18,26H,3H2,1-2H3. The monoisotopic (exact) mass is 399 g/mol. The second-order valence-corrected chi connectivity index (χ2v) is 7.65. The molecular weight excluding hydrogens is 382 g/mol. The van der Waals surface area contributed by atoms with E-state index in [0.717, 1.165) is 27.8 Å². The van der Waals surface area contributed by atoms with Crippen molar-refractivity contribution in [2.45, 2.75) is 25.1 Å². The second kappa shape index (κ2) is 7.34. The number of hydrogen-bond acceptors (Lipinski definition) is 5. The van der Waals surface area contributed by atoms with Crippen LogP contribution in [0.2, 0.25) is 5.02 Å². The molecule has 138 valence electrons. The highest BCUT2D eigenvalue weighted by atomic mass is 35.5. The molecule has 0 aliphatic rings. The van der Waals surface area contributed by atoms with Crippen LogP contribution < -0.4 is 0 Å². The summed E-state index contributed by atoms with van der Waals surface area (Å²) in [7, 11) is 0. The molecule has 1 unspecified atom stereocenters. The summed E-state index contributed by atoms with van der Waals surface area (Å²) >= 11 is 8.07. The molecule has 6 nitrogen and oxygen atoms in total. The van der Waals surface area contributed by atoms with Crippen LogP contribution in [-0.2, 0) is 0 Å². The van der Waals surface area contributed by atoms with E-state index in [-0.39, 0.29) is 0 Å². The van der Waals surface area contributed by atoms with Crippen LogP contribution in [0.25, 0.3) is 11.2 Å². The molecule has 4 aromatic rings. The molecule has 3 aromatic heterocycles. The van der Waals surface area contributed by atoms with Gasteiger partial charge in [0.15, 0.2) is 5.16 Å². The van der Waals surface area contributed by atoms with E-state index in [1.165, 1.54) is 0 Å². The zero-order valence-electron chi connectivity index (χ0n) is 14.9. The fourth-order valence-electron chi connectivity index (χ4n) is 3.08. The maximum absolute atomic E-state index is 11.2. The number of halogens is 1. The third-order valence-corrected chi connectivity index (χ3v) is 5.52. The number of aliphatic hydroxyl groups is 1. The van der Waals surface area contributed by atoms with Crippen LogP contribution in [-0.4, -0.2) is 35.2 Å². The third kappa shape index (κ3) is 3.12. The third-order valence-electron chi connectivity index (χ3n) is 4.37. The van der Waals surface area contributed by atoms with E-state index in [4.69, 9.17) is 11.6 Å². The molecule has 0 saturated carbocycles. The molecule has 0 bridgehead atoms. The van der Waals surface area contributed by atoms with Crippen LogP contribution in [0.4, 0.5) is 0 Å². The molecule has 1 N–H and O–H groups in total. The van der Waals surface area contributed by atoms with Crippen molar-refractivity contribution in [1.82, 2.24) is 24.4 Å². The number of fused-ring (bicyclic) bond motifs is 1. The zero-order valence-corrected chi connectivity index (χ0v) is 16.4. The van der Waals surface area contributed by atoms with Crippen molar-refractivity contribution in [2.75, 3.05) is 5.75 Å². The first kappa shape index (κ1) is 18.0. The Bertz CT molecular complexity index is 1090. The molecule has 0 spiro atoms. The summed E-state index contributed by atoms with van der Waals surface area (Å²) in [6, 6.07) is 13.4. The number of para-hydroxylation sites is 1. The zero-order chi connectivity index (χ0) is 19.0. The molecule has 0 saturated heterocycles. The molecule has 0 radical (unpaired) electrons. The lowest BCUT2D eigenvalue weighted by Gasteiger charge is -2.15. The van der Waals surface area contributed by atoms with Crippen LogP contribution in [0.1, 0.15) is 30.1 Å². The Morgan fingerprint density at radius 3 is 2.70 bits per heavy atom. The van der Waals surface area contributed by atoms with Gasteiger partial charge in [-0.15, -0.1) is 5.10 Å². The summed E-state index contributed by atoms with van der Waals surface area (Å²) < 4.78 is 3.60. The van der Waals surface area contributed by atoms with Gasteiger partial charge in [-0.1, -0.05) is 53.7 Å². The molecular formula is C19H18ClN5OS. The quantitative estimate of drug-likeness (QED) is 0.512. The summed E-state index contributed by atoms with van der Waals surface area (Å²) in [5, 5.41) is 20.9. The molecule has 1 atom stereocenters. The molecule has 0 aliphatic heterocycles. The number of pyridine rings is 1. The van der Waals surface area contributed by atoms with E-state index >= 15 is 0 Å². The van der Waals surface area contributed by atoms with Gasteiger partial charge in [0.05, 0.1) is 33.8 Å². The minimum Gasteiger partial charge on any atom is -0.380 e. The maximum atomic E-state index is 11.2. The Morgan fingerprint density at radius 1 is 1.19 bits per heavy atom. The molecule has 0 amide bonds. The predicted molar refractivity (Wildman–Crippen MR) is 107 cm³/mol. The Morgan fingerprint density at radius 2 is 1.96 bits per heavy atom. The van der Waals surface area contributed by atoms with Gasteiger partial charge < -0.3 is 5.11 Å². The van der Waals surface area contributed by atoms with Crippen molar-refractivity contribution in [1.29, 1.82) is 0 Å². The van der Waals surface area contributed by atoms with Gasteiger partial charge in [-0.25, -0.2) is 9.67 Å². The first-order valence-corrected chi connectivity index (χ1v) is 9.92. The van der Waals surface area contributed by atoms with Crippen molar-refractivity contribution >= 4 is 28.9 Å². The smallest absolute Gasteiger partial charge is 0.172 e. The highest BCUT2D eigenvalue weighted by molar-refractivity contribution is 7.99. The summed E-state index contributed by atoms with van der Waals surface area (Å²) in [6.07, 6.45) is 0.752. The number of aromatic nitrogens is 5. The van der Waals surface area contributed by atoms with Gasteiger partial charge in [0, 0.05) is 0 Å². The van der Waals surface area contributed by atoms with Crippen molar-refractivity contribution in [2.24, 2.45) is 0 Å². The van der Waals surface area contributed by atoms with Crippen LogP contribution in [0.3, 0.4) is 0 Å². The first-order chi connectivity index (χ1) is 13.1. The van der Waals surface area contributed by atoms with Crippen LogP contribution in [0, 0.1) is 6.92 Å². The van der Waals surface area contributed by atoms with E-state index in [2.05, 4.69) is 22.2 Å². The Labute approximate surface area is 165 Å². The van der Waals surface area contributed by atoms with Crippen LogP contribution in [0.5, 0.6) is 0 Å². The van der Waals surface area contributed by atoms with Crippen LogP contribution >= 0.6 is 23.4 Å². The molecule has 0 aliphatic carbocycles. The van der Waals surface area contributed by atoms with Gasteiger partial charge in [0.1, 0.15) is 11.8 Å². The molecule has 27 heavy (non-hydrogen) atoms. The van der Waals surface area contributed by atoms with E-state index in [9.17, 15) is 5.11 Å². The molecule has 4 rings (SSSR count). The fraction of sp³-hybridized carbons (Fsp3) is 0.211. The van der Waals surface area contributed by atoms with E-state index < -0.39 is 6.10 Å². The average molecular weight is 400 g/mol. The highest BCUT2D eigenvalue weighted by Crippen LogP contribution is 2.33. The van der Waals surface area contributed by atoms with Gasteiger partial charge in [-0.2, -0.15) is 0 Å². The lowest BCUT2D eigenvalue weighted by Crippen LogP contribution is -2.10. The maximum Gasteiger partial charge on any atom is 0.172 e. The Hall–Kier alpha value is -2.35.